The maximum atomic E-state index is 12.1. The molecule has 0 aliphatic rings. The molecule has 36 heavy (non-hydrogen) atoms. The Labute approximate surface area is 231 Å². The lowest BCUT2D eigenvalue weighted by molar-refractivity contribution is -0.133. The lowest BCUT2D eigenvalue weighted by Crippen LogP contribution is -2.32. The summed E-state index contributed by atoms with van der Waals surface area (Å²) in [5, 5.41) is 12.8. The van der Waals surface area contributed by atoms with Crippen LogP contribution in [0.25, 0.3) is 0 Å². The number of aryl methyl sites for hydroxylation is 2. The quantitative estimate of drug-likeness (QED) is 0.189. The van der Waals surface area contributed by atoms with E-state index in [1.165, 1.54) is 22.3 Å². The molecule has 2 unspecified atom stereocenters. The highest BCUT2D eigenvalue weighted by atomic mass is 127. The van der Waals surface area contributed by atoms with Crippen LogP contribution in [0.5, 0.6) is 5.75 Å². The van der Waals surface area contributed by atoms with Crippen molar-refractivity contribution < 1.29 is 19.4 Å². The SMILES string of the molecule is CCC(CI)(c1ccc(OCC(O)C(C)(C)C)c(C)c1)c1cc(C)c(CN(CC(=O)N=O)C(C)=O)s1. The van der Waals surface area contributed by atoms with Crippen LogP contribution in [0.2, 0.25) is 0 Å². The summed E-state index contributed by atoms with van der Waals surface area (Å²) in [7, 11) is 0. The van der Waals surface area contributed by atoms with E-state index in [0.717, 1.165) is 32.6 Å². The lowest BCUT2D eigenvalue weighted by Gasteiger charge is -2.31. The number of carbonyl (C=O) groups excluding carboxylic acids is 2. The molecule has 2 aromatic rings. The van der Waals surface area contributed by atoms with Crippen molar-refractivity contribution >= 4 is 45.7 Å². The summed E-state index contributed by atoms with van der Waals surface area (Å²) in [5.41, 5.74) is 2.74. The van der Waals surface area contributed by atoms with Crippen molar-refractivity contribution in [3.8, 4) is 5.75 Å². The van der Waals surface area contributed by atoms with Crippen LogP contribution in [0.3, 0.4) is 0 Å². The normalized spacial score (nSPS) is 14.1. The number of hydrogen-bond donors (Lipinski definition) is 1. The zero-order chi connectivity index (χ0) is 27.3. The predicted molar refractivity (Wildman–Crippen MR) is 153 cm³/mol. The molecule has 0 radical (unpaired) electrons. The minimum atomic E-state index is -0.859. The average molecular weight is 629 g/mol. The number of aliphatic hydroxyl groups is 1. The minimum absolute atomic E-state index is 0.232. The van der Waals surface area contributed by atoms with Gasteiger partial charge in [0.1, 0.15) is 18.9 Å². The summed E-state index contributed by atoms with van der Waals surface area (Å²) < 4.78 is 6.81. The summed E-state index contributed by atoms with van der Waals surface area (Å²) >= 11 is 4.06. The third-order valence-corrected chi connectivity index (χ3v) is 9.38. The molecule has 9 heteroatoms. The smallest absolute Gasteiger partial charge is 0.305 e. The molecule has 0 aliphatic carbocycles. The number of rotatable bonds is 11. The van der Waals surface area contributed by atoms with Crippen LogP contribution in [0.1, 0.15) is 67.5 Å². The zero-order valence-electron chi connectivity index (χ0n) is 22.2. The second-order valence-corrected chi connectivity index (χ2v) is 12.2. The van der Waals surface area contributed by atoms with E-state index >= 15 is 0 Å². The molecule has 0 saturated heterocycles. The molecule has 1 aromatic carbocycles. The van der Waals surface area contributed by atoms with E-state index in [-0.39, 0.29) is 36.4 Å². The highest BCUT2D eigenvalue weighted by molar-refractivity contribution is 14.1. The van der Waals surface area contributed by atoms with Crippen LogP contribution in [0.4, 0.5) is 0 Å². The molecule has 2 amide bonds. The summed E-state index contributed by atoms with van der Waals surface area (Å²) in [4.78, 5) is 37.7. The zero-order valence-corrected chi connectivity index (χ0v) is 25.2. The molecule has 0 saturated carbocycles. The number of aliphatic hydroxyl groups excluding tert-OH is 1. The van der Waals surface area contributed by atoms with Gasteiger partial charge in [0.2, 0.25) is 5.91 Å². The van der Waals surface area contributed by atoms with E-state index in [1.807, 2.05) is 40.7 Å². The van der Waals surface area contributed by atoms with Gasteiger partial charge in [-0.25, -0.2) is 0 Å². The molecule has 7 nitrogen and oxygen atoms in total. The minimum Gasteiger partial charge on any atom is -0.491 e. The van der Waals surface area contributed by atoms with Gasteiger partial charge >= 0.3 is 5.91 Å². The second-order valence-electron chi connectivity index (χ2n) is 10.3. The Balaban J connectivity index is 2.37. The van der Waals surface area contributed by atoms with Crippen LogP contribution in [0, 0.1) is 24.2 Å². The van der Waals surface area contributed by atoms with Crippen molar-refractivity contribution in [3.05, 3.63) is 55.6 Å². The lowest BCUT2D eigenvalue weighted by atomic mass is 9.78. The number of ether oxygens (including phenoxy) is 1. The third-order valence-electron chi connectivity index (χ3n) is 6.66. The topological polar surface area (TPSA) is 96.3 Å². The fraction of sp³-hybridized carbons (Fsp3) is 0.556. The van der Waals surface area contributed by atoms with Crippen LogP contribution < -0.4 is 4.74 Å². The molecule has 0 aliphatic heterocycles. The van der Waals surface area contributed by atoms with Crippen molar-refractivity contribution in [2.75, 3.05) is 17.6 Å². The van der Waals surface area contributed by atoms with Gasteiger partial charge in [-0.1, -0.05) is 62.4 Å². The highest BCUT2D eigenvalue weighted by Crippen LogP contribution is 2.43. The Morgan fingerprint density at radius 2 is 1.86 bits per heavy atom. The van der Waals surface area contributed by atoms with Crippen molar-refractivity contribution in [2.45, 2.75) is 73.0 Å². The maximum Gasteiger partial charge on any atom is 0.305 e. The molecular formula is C27H37IN2O5S. The van der Waals surface area contributed by atoms with E-state index < -0.39 is 12.0 Å². The molecule has 0 fully saturated rings. The maximum absolute atomic E-state index is 12.1. The Morgan fingerprint density at radius 3 is 2.36 bits per heavy atom. The number of amides is 2. The Kier molecular flexibility index (Phi) is 10.6. The molecule has 1 heterocycles. The first-order valence-corrected chi connectivity index (χ1v) is 14.3. The van der Waals surface area contributed by atoms with E-state index in [1.54, 1.807) is 11.3 Å². The molecule has 0 bridgehead atoms. The van der Waals surface area contributed by atoms with Crippen LogP contribution in [-0.4, -0.2) is 45.5 Å². The fourth-order valence-corrected chi connectivity index (χ4v) is 6.96. The average Bonchev–Trinajstić information content (AvgIpc) is 3.18. The number of hydrogen-bond acceptors (Lipinski definition) is 6. The largest absolute Gasteiger partial charge is 0.491 e. The third kappa shape index (κ3) is 7.13. The number of alkyl halides is 1. The van der Waals surface area contributed by atoms with Crippen LogP contribution in [-0.2, 0) is 21.5 Å². The predicted octanol–water partition coefficient (Wildman–Crippen LogP) is 5.92. The van der Waals surface area contributed by atoms with Gasteiger partial charge in [-0.3, -0.25) is 9.59 Å². The van der Waals surface area contributed by atoms with Gasteiger partial charge < -0.3 is 14.7 Å². The van der Waals surface area contributed by atoms with Gasteiger partial charge in [0.05, 0.1) is 12.6 Å². The molecule has 1 aromatic heterocycles. The summed E-state index contributed by atoms with van der Waals surface area (Å²) in [6.45, 7) is 13.7. The number of nitrogens with zero attached hydrogens (tertiary/aromatic N) is 2. The van der Waals surface area contributed by atoms with Crippen molar-refractivity contribution in [1.82, 2.24) is 4.90 Å². The molecule has 2 atom stereocenters. The van der Waals surface area contributed by atoms with Crippen molar-refractivity contribution in [2.24, 2.45) is 10.6 Å². The number of benzene rings is 1. The number of thiophene rings is 1. The van der Waals surface area contributed by atoms with Crippen molar-refractivity contribution in [1.29, 1.82) is 0 Å². The van der Waals surface area contributed by atoms with E-state index in [2.05, 4.69) is 52.9 Å². The first-order valence-electron chi connectivity index (χ1n) is 12.0. The van der Waals surface area contributed by atoms with Crippen LogP contribution >= 0.6 is 33.9 Å². The molecule has 198 valence electrons. The fourth-order valence-electron chi connectivity index (χ4n) is 3.84. The number of nitroso groups, excluding NO2 is 1. The molecule has 0 spiro atoms. The second kappa shape index (κ2) is 12.6. The molecule has 2 rings (SSSR count). The first kappa shape index (κ1) is 30.4. The standard InChI is InChI=1S/C27H37IN2O5S/c1-8-27(16-28,20-9-10-21(17(2)11-20)35-15-23(32)26(5,6)7)24-12-18(3)22(36-24)13-30(19(4)31)14-25(33)29-34/h9-12,23,32H,8,13-16H2,1-7H3. The molecular weight excluding hydrogens is 591 g/mol. The molecule has 1 N–H and O–H groups in total. The van der Waals surface area contributed by atoms with Gasteiger partial charge in [-0.05, 0) is 54.5 Å². The van der Waals surface area contributed by atoms with Gasteiger partial charge in [-0.2, -0.15) is 0 Å². The van der Waals surface area contributed by atoms with Crippen molar-refractivity contribution in [3.63, 3.8) is 0 Å². The van der Waals surface area contributed by atoms with Gasteiger partial charge in [0, 0.05) is 31.7 Å². The summed E-state index contributed by atoms with van der Waals surface area (Å²) in [6, 6.07) is 8.40. The van der Waals surface area contributed by atoms with Gasteiger partial charge in [0.15, 0.2) is 0 Å². The van der Waals surface area contributed by atoms with E-state index in [9.17, 15) is 19.6 Å². The van der Waals surface area contributed by atoms with E-state index in [4.69, 9.17) is 4.74 Å². The van der Waals surface area contributed by atoms with Crippen LogP contribution in [0.15, 0.2) is 29.4 Å². The summed E-state index contributed by atoms with van der Waals surface area (Å²) in [6.07, 6.45) is 0.308. The number of halogens is 1. The Hall–Kier alpha value is -1.85. The van der Waals surface area contributed by atoms with Gasteiger partial charge in [0.25, 0.3) is 0 Å². The Bertz CT molecular complexity index is 1090. The first-order chi connectivity index (χ1) is 16.8. The highest BCUT2D eigenvalue weighted by Gasteiger charge is 2.34. The van der Waals surface area contributed by atoms with E-state index in [0.29, 0.717) is 0 Å². The summed E-state index contributed by atoms with van der Waals surface area (Å²) in [5.74, 6) is -0.378. The monoisotopic (exact) mass is 628 g/mol. The number of carbonyl (C=O) groups is 2. The van der Waals surface area contributed by atoms with Gasteiger partial charge in [-0.15, -0.1) is 16.2 Å². The Morgan fingerprint density at radius 1 is 1.19 bits per heavy atom.